The molecule has 0 spiro atoms. The Kier molecular flexibility index (Phi) is 10.3. The molecule has 0 saturated carbocycles. The van der Waals surface area contributed by atoms with Crippen LogP contribution in [0.1, 0.15) is 34.1 Å². The largest absolute Gasteiger partial charge is 0.382 e. The first-order chi connectivity index (χ1) is 8.55. The lowest BCUT2D eigenvalue weighted by Gasteiger charge is -2.20. The molecule has 0 unspecified atom stereocenters. The number of thioether (sulfide) groups is 1. The zero-order valence-electron chi connectivity index (χ0n) is 12.5. The first-order valence-electron chi connectivity index (χ1n) is 6.70. The van der Waals surface area contributed by atoms with Crippen LogP contribution in [0.5, 0.6) is 0 Å². The van der Waals surface area contributed by atoms with E-state index in [4.69, 9.17) is 4.74 Å². The van der Waals surface area contributed by atoms with Crippen molar-refractivity contribution in [3.8, 4) is 0 Å². The van der Waals surface area contributed by atoms with Crippen LogP contribution in [0.2, 0.25) is 0 Å². The van der Waals surface area contributed by atoms with Gasteiger partial charge < -0.3 is 15.4 Å². The molecule has 0 radical (unpaired) electrons. The monoisotopic (exact) mass is 275 g/mol. The average Bonchev–Trinajstić information content (AvgIpc) is 2.35. The number of nitrogens with zero attached hydrogens (tertiary/aromatic N) is 1. The molecular formula is C13H29N3OS. The molecule has 108 valence electrons. The van der Waals surface area contributed by atoms with Gasteiger partial charge in [-0.15, -0.1) is 0 Å². The fourth-order valence-corrected chi connectivity index (χ4v) is 1.39. The van der Waals surface area contributed by atoms with E-state index in [-0.39, 0.29) is 4.75 Å². The van der Waals surface area contributed by atoms with Crippen LogP contribution in [0.25, 0.3) is 0 Å². The van der Waals surface area contributed by atoms with Gasteiger partial charge in [-0.2, -0.15) is 11.8 Å². The molecule has 0 atom stereocenters. The van der Waals surface area contributed by atoms with E-state index in [1.165, 1.54) is 0 Å². The number of nitrogens with one attached hydrogen (secondary N) is 2. The van der Waals surface area contributed by atoms with Crippen LogP contribution in [0.3, 0.4) is 0 Å². The van der Waals surface area contributed by atoms with E-state index in [2.05, 4.69) is 42.7 Å². The summed E-state index contributed by atoms with van der Waals surface area (Å²) in [4.78, 5) is 4.61. The maximum atomic E-state index is 5.30. The molecule has 0 rings (SSSR count). The van der Waals surface area contributed by atoms with Crippen LogP contribution >= 0.6 is 11.8 Å². The van der Waals surface area contributed by atoms with E-state index < -0.39 is 0 Å². The van der Waals surface area contributed by atoms with Gasteiger partial charge in [0.05, 0.1) is 6.54 Å². The number of aliphatic imine (C=N–C) groups is 1. The van der Waals surface area contributed by atoms with Gasteiger partial charge in [-0.05, 0) is 40.4 Å². The smallest absolute Gasteiger partial charge is 0.191 e. The summed E-state index contributed by atoms with van der Waals surface area (Å²) in [6.45, 7) is 12.7. The third-order valence-corrected chi connectivity index (χ3v) is 3.71. The first kappa shape index (κ1) is 17.6. The van der Waals surface area contributed by atoms with Crippen molar-refractivity contribution in [2.45, 2.75) is 38.9 Å². The van der Waals surface area contributed by atoms with Gasteiger partial charge in [0, 0.05) is 31.1 Å². The summed E-state index contributed by atoms with van der Waals surface area (Å²) in [5, 5.41) is 6.58. The highest BCUT2D eigenvalue weighted by Gasteiger charge is 2.15. The Balaban J connectivity index is 4.01. The molecule has 0 amide bonds. The number of rotatable bonds is 9. The Morgan fingerprint density at radius 3 is 2.56 bits per heavy atom. The Hall–Kier alpha value is -0.420. The Morgan fingerprint density at radius 2 is 2.00 bits per heavy atom. The van der Waals surface area contributed by atoms with Crippen LogP contribution in [0.15, 0.2) is 4.99 Å². The van der Waals surface area contributed by atoms with Crippen LogP contribution in [0.4, 0.5) is 0 Å². The van der Waals surface area contributed by atoms with Gasteiger partial charge in [0.1, 0.15) is 0 Å². The van der Waals surface area contributed by atoms with Crippen LogP contribution in [0, 0.1) is 0 Å². The lowest BCUT2D eigenvalue weighted by atomic mass is 10.2. The molecule has 4 nitrogen and oxygen atoms in total. The summed E-state index contributed by atoms with van der Waals surface area (Å²) >= 11 is 1.84. The van der Waals surface area contributed by atoms with Crippen molar-refractivity contribution in [2.75, 3.05) is 39.1 Å². The SMILES string of the molecule is CCNC(=NCC(C)(C)SC)NCCCOCC. The van der Waals surface area contributed by atoms with Crippen molar-refractivity contribution in [1.82, 2.24) is 10.6 Å². The summed E-state index contributed by atoms with van der Waals surface area (Å²) in [5.41, 5.74) is 0. The highest BCUT2D eigenvalue weighted by molar-refractivity contribution is 7.99. The number of guanidine groups is 1. The Labute approximate surface area is 116 Å². The number of hydrogen-bond donors (Lipinski definition) is 2. The summed E-state index contributed by atoms with van der Waals surface area (Å²) in [5.74, 6) is 0.899. The lowest BCUT2D eigenvalue weighted by Crippen LogP contribution is -2.39. The molecule has 2 N–H and O–H groups in total. The van der Waals surface area contributed by atoms with Crippen molar-refractivity contribution in [3.63, 3.8) is 0 Å². The van der Waals surface area contributed by atoms with Gasteiger partial charge in [0.15, 0.2) is 5.96 Å². The van der Waals surface area contributed by atoms with E-state index in [1.54, 1.807) is 0 Å². The van der Waals surface area contributed by atoms with Gasteiger partial charge in [-0.25, -0.2) is 0 Å². The molecule has 0 heterocycles. The molecule has 0 aromatic carbocycles. The molecule has 0 aromatic rings. The predicted molar refractivity (Wildman–Crippen MR) is 82.7 cm³/mol. The third kappa shape index (κ3) is 9.59. The maximum Gasteiger partial charge on any atom is 0.191 e. The minimum Gasteiger partial charge on any atom is -0.382 e. The van der Waals surface area contributed by atoms with Gasteiger partial charge in [0.2, 0.25) is 0 Å². The average molecular weight is 275 g/mol. The molecule has 0 bridgehead atoms. The van der Waals surface area contributed by atoms with Crippen LogP contribution in [-0.2, 0) is 4.74 Å². The van der Waals surface area contributed by atoms with Crippen molar-refractivity contribution >= 4 is 17.7 Å². The molecule has 0 aliphatic carbocycles. The van der Waals surface area contributed by atoms with Gasteiger partial charge in [0.25, 0.3) is 0 Å². The zero-order valence-corrected chi connectivity index (χ0v) is 13.3. The van der Waals surface area contributed by atoms with Crippen molar-refractivity contribution in [2.24, 2.45) is 4.99 Å². The molecule has 0 saturated heterocycles. The highest BCUT2D eigenvalue weighted by Crippen LogP contribution is 2.20. The zero-order chi connectivity index (χ0) is 13.9. The van der Waals surface area contributed by atoms with Crippen molar-refractivity contribution in [1.29, 1.82) is 0 Å². The number of hydrogen-bond acceptors (Lipinski definition) is 3. The topological polar surface area (TPSA) is 45.7 Å². The Bertz CT molecular complexity index is 232. The maximum absolute atomic E-state index is 5.30. The van der Waals surface area contributed by atoms with E-state index in [1.807, 2.05) is 18.7 Å². The molecule has 5 heteroatoms. The predicted octanol–water partition coefficient (Wildman–Crippen LogP) is 2.11. The second-order valence-corrected chi connectivity index (χ2v) is 6.15. The third-order valence-electron chi connectivity index (χ3n) is 2.48. The van der Waals surface area contributed by atoms with E-state index in [0.29, 0.717) is 0 Å². The van der Waals surface area contributed by atoms with Crippen molar-refractivity contribution < 1.29 is 4.74 Å². The lowest BCUT2D eigenvalue weighted by molar-refractivity contribution is 0.145. The molecule has 0 aliphatic rings. The minimum absolute atomic E-state index is 0.188. The second kappa shape index (κ2) is 10.5. The summed E-state index contributed by atoms with van der Waals surface area (Å²) in [6.07, 6.45) is 3.13. The van der Waals surface area contributed by atoms with E-state index in [9.17, 15) is 0 Å². The van der Waals surface area contributed by atoms with E-state index in [0.717, 1.165) is 45.2 Å². The summed E-state index contributed by atoms with van der Waals surface area (Å²) in [6, 6.07) is 0. The van der Waals surface area contributed by atoms with Crippen molar-refractivity contribution in [3.05, 3.63) is 0 Å². The van der Waals surface area contributed by atoms with Gasteiger partial charge >= 0.3 is 0 Å². The van der Waals surface area contributed by atoms with Gasteiger partial charge in [-0.1, -0.05) is 0 Å². The summed E-state index contributed by atoms with van der Waals surface area (Å²) < 4.78 is 5.49. The molecule has 18 heavy (non-hydrogen) atoms. The molecule has 0 aliphatic heterocycles. The highest BCUT2D eigenvalue weighted by atomic mass is 32.2. The fourth-order valence-electron chi connectivity index (χ4n) is 1.20. The fraction of sp³-hybridized carbons (Fsp3) is 0.923. The normalized spacial score (nSPS) is 12.6. The van der Waals surface area contributed by atoms with Gasteiger partial charge in [-0.3, -0.25) is 4.99 Å². The first-order valence-corrected chi connectivity index (χ1v) is 7.93. The quantitative estimate of drug-likeness (QED) is 0.384. The summed E-state index contributed by atoms with van der Waals surface area (Å²) in [7, 11) is 0. The Morgan fingerprint density at radius 1 is 1.28 bits per heavy atom. The molecule has 0 aromatic heterocycles. The molecule has 0 fully saturated rings. The number of ether oxygens (including phenoxy) is 1. The minimum atomic E-state index is 0.188. The van der Waals surface area contributed by atoms with E-state index >= 15 is 0 Å². The van der Waals surface area contributed by atoms with Crippen LogP contribution in [-0.4, -0.2) is 49.8 Å². The van der Waals surface area contributed by atoms with Crippen LogP contribution < -0.4 is 10.6 Å². The standard InChI is InChI=1S/C13H29N3OS/c1-6-14-12(15-9-8-10-17-7-2)16-11-13(3,4)18-5/h6-11H2,1-5H3,(H2,14,15,16). The second-order valence-electron chi connectivity index (χ2n) is 4.64. The molecular weight excluding hydrogens is 246 g/mol.